The number of carbonyl (C=O) groups is 1. The molecule has 0 saturated heterocycles. The Balaban J connectivity index is 2.05. The third kappa shape index (κ3) is 4.54. The van der Waals surface area contributed by atoms with Crippen LogP contribution < -0.4 is 10.6 Å². The number of nitrogens with zero attached hydrogens (tertiary/aromatic N) is 1. The van der Waals surface area contributed by atoms with Crippen LogP contribution >= 0.6 is 15.9 Å². The Hall–Kier alpha value is -1.92. The lowest BCUT2D eigenvalue weighted by atomic mass is 10.2. The van der Waals surface area contributed by atoms with Crippen LogP contribution in [0.1, 0.15) is 15.9 Å². The third-order valence-corrected chi connectivity index (χ3v) is 3.92. The van der Waals surface area contributed by atoms with Crippen LogP contribution in [-0.4, -0.2) is 31.2 Å². The Morgan fingerprint density at radius 1 is 1.27 bits per heavy atom. The number of amides is 1. The monoisotopic (exact) mass is 363 g/mol. The molecule has 0 aliphatic rings. The van der Waals surface area contributed by atoms with E-state index in [1.807, 2.05) is 25.1 Å². The second-order valence-electron chi connectivity index (χ2n) is 4.80. The number of aryl methyl sites for hydroxylation is 1. The molecule has 0 bridgehead atoms. The topological polar surface area (TPSA) is 63.2 Å². The summed E-state index contributed by atoms with van der Waals surface area (Å²) in [5.74, 6) is -0.196. The molecule has 0 aliphatic heterocycles. The van der Waals surface area contributed by atoms with Crippen molar-refractivity contribution in [2.75, 3.05) is 30.9 Å². The number of carbonyl (C=O) groups excluding carboxylic acids is 1. The quantitative estimate of drug-likeness (QED) is 0.771. The average molecular weight is 364 g/mol. The first-order valence-corrected chi connectivity index (χ1v) is 7.65. The highest BCUT2D eigenvalue weighted by Gasteiger charge is 2.08. The number of benzene rings is 1. The van der Waals surface area contributed by atoms with Gasteiger partial charge in [-0.2, -0.15) is 0 Å². The van der Waals surface area contributed by atoms with Gasteiger partial charge >= 0.3 is 0 Å². The fourth-order valence-corrected chi connectivity index (χ4v) is 2.21. The van der Waals surface area contributed by atoms with Gasteiger partial charge in [0.15, 0.2) is 0 Å². The van der Waals surface area contributed by atoms with E-state index in [-0.39, 0.29) is 5.91 Å². The standard InChI is InChI=1S/C16H18BrN3O2/c1-11-3-4-13(8-15(11)17)20-16(21)12-7-14(10-18-9-12)19-5-6-22-2/h3-4,7-10,19H,5-6H2,1-2H3,(H,20,21). The number of hydrogen-bond acceptors (Lipinski definition) is 4. The van der Waals surface area contributed by atoms with Crippen molar-refractivity contribution < 1.29 is 9.53 Å². The predicted molar refractivity (Wildman–Crippen MR) is 91.4 cm³/mol. The molecule has 0 fully saturated rings. The van der Waals surface area contributed by atoms with Gasteiger partial charge in [-0.1, -0.05) is 22.0 Å². The number of nitrogens with one attached hydrogen (secondary N) is 2. The lowest BCUT2D eigenvalue weighted by Gasteiger charge is -2.09. The zero-order chi connectivity index (χ0) is 15.9. The summed E-state index contributed by atoms with van der Waals surface area (Å²) in [7, 11) is 1.64. The van der Waals surface area contributed by atoms with Crippen molar-refractivity contribution in [1.29, 1.82) is 0 Å². The number of rotatable bonds is 6. The van der Waals surface area contributed by atoms with Gasteiger partial charge in [-0.15, -0.1) is 0 Å². The van der Waals surface area contributed by atoms with Crippen molar-refractivity contribution in [2.45, 2.75) is 6.92 Å². The van der Waals surface area contributed by atoms with E-state index < -0.39 is 0 Å². The first-order valence-electron chi connectivity index (χ1n) is 6.85. The highest BCUT2D eigenvalue weighted by Crippen LogP contribution is 2.21. The fraction of sp³-hybridized carbons (Fsp3) is 0.250. The fourth-order valence-electron chi connectivity index (χ4n) is 1.83. The van der Waals surface area contributed by atoms with E-state index >= 15 is 0 Å². The lowest BCUT2D eigenvalue weighted by molar-refractivity contribution is 0.102. The van der Waals surface area contributed by atoms with Gasteiger partial charge in [0.2, 0.25) is 0 Å². The Bertz CT molecular complexity index is 662. The molecule has 0 unspecified atom stereocenters. The maximum absolute atomic E-state index is 12.3. The van der Waals surface area contributed by atoms with Crippen molar-refractivity contribution in [3.8, 4) is 0 Å². The summed E-state index contributed by atoms with van der Waals surface area (Å²) < 4.78 is 5.93. The van der Waals surface area contributed by atoms with Gasteiger partial charge in [0.1, 0.15) is 0 Å². The second kappa shape index (κ2) is 7.91. The molecule has 22 heavy (non-hydrogen) atoms. The van der Waals surface area contributed by atoms with Crippen molar-refractivity contribution in [1.82, 2.24) is 4.98 Å². The minimum Gasteiger partial charge on any atom is -0.383 e. The van der Waals surface area contributed by atoms with Gasteiger partial charge in [-0.05, 0) is 30.7 Å². The van der Waals surface area contributed by atoms with Gasteiger partial charge in [0, 0.05) is 36.2 Å². The molecule has 116 valence electrons. The van der Waals surface area contributed by atoms with E-state index in [9.17, 15) is 4.79 Å². The molecular weight excluding hydrogens is 346 g/mol. The van der Waals surface area contributed by atoms with Crippen LogP contribution in [0.3, 0.4) is 0 Å². The van der Waals surface area contributed by atoms with Gasteiger partial charge in [-0.3, -0.25) is 9.78 Å². The van der Waals surface area contributed by atoms with Crippen molar-refractivity contribution >= 4 is 33.2 Å². The number of hydrogen-bond donors (Lipinski definition) is 2. The highest BCUT2D eigenvalue weighted by atomic mass is 79.9. The molecule has 6 heteroatoms. The molecule has 2 rings (SSSR count). The maximum atomic E-state index is 12.3. The van der Waals surface area contributed by atoms with Crippen LogP contribution in [0.5, 0.6) is 0 Å². The lowest BCUT2D eigenvalue weighted by Crippen LogP contribution is -2.13. The minimum absolute atomic E-state index is 0.196. The molecule has 1 heterocycles. The summed E-state index contributed by atoms with van der Waals surface area (Å²) in [6.45, 7) is 3.25. The normalized spacial score (nSPS) is 10.3. The third-order valence-electron chi connectivity index (χ3n) is 3.07. The van der Waals surface area contributed by atoms with E-state index in [2.05, 4.69) is 31.5 Å². The van der Waals surface area contributed by atoms with Crippen LogP contribution in [0, 0.1) is 6.92 Å². The van der Waals surface area contributed by atoms with Crippen molar-refractivity contribution in [3.05, 3.63) is 52.3 Å². The van der Waals surface area contributed by atoms with Crippen LogP contribution in [-0.2, 0) is 4.74 Å². The Morgan fingerprint density at radius 2 is 2.09 bits per heavy atom. The molecule has 2 aromatic rings. The first-order chi connectivity index (χ1) is 10.6. The highest BCUT2D eigenvalue weighted by molar-refractivity contribution is 9.10. The van der Waals surface area contributed by atoms with E-state index in [0.29, 0.717) is 18.7 Å². The van der Waals surface area contributed by atoms with E-state index in [4.69, 9.17) is 4.74 Å². The first kappa shape index (κ1) is 16.5. The summed E-state index contributed by atoms with van der Waals surface area (Å²) in [6, 6.07) is 7.45. The van der Waals surface area contributed by atoms with Crippen LogP contribution in [0.4, 0.5) is 11.4 Å². The van der Waals surface area contributed by atoms with Gasteiger partial charge in [0.05, 0.1) is 17.9 Å². The zero-order valence-corrected chi connectivity index (χ0v) is 14.1. The average Bonchev–Trinajstić information content (AvgIpc) is 2.51. The molecule has 1 aromatic heterocycles. The smallest absolute Gasteiger partial charge is 0.257 e. The van der Waals surface area contributed by atoms with Gasteiger partial charge in [0.25, 0.3) is 5.91 Å². The zero-order valence-electron chi connectivity index (χ0n) is 12.5. The second-order valence-corrected chi connectivity index (χ2v) is 5.65. The Morgan fingerprint density at radius 3 is 2.82 bits per heavy atom. The molecular formula is C16H18BrN3O2. The molecule has 2 N–H and O–H groups in total. The van der Waals surface area contributed by atoms with Gasteiger partial charge < -0.3 is 15.4 Å². The molecule has 0 saturated carbocycles. The molecule has 1 amide bonds. The summed E-state index contributed by atoms with van der Waals surface area (Å²) in [5, 5.41) is 6.01. The number of anilines is 2. The molecule has 0 atom stereocenters. The molecule has 0 aliphatic carbocycles. The van der Waals surface area contributed by atoms with Gasteiger partial charge in [-0.25, -0.2) is 0 Å². The van der Waals surface area contributed by atoms with Crippen molar-refractivity contribution in [3.63, 3.8) is 0 Å². The van der Waals surface area contributed by atoms with E-state index in [1.54, 1.807) is 25.6 Å². The Labute approximate surface area is 138 Å². The van der Waals surface area contributed by atoms with Crippen LogP contribution in [0.25, 0.3) is 0 Å². The maximum Gasteiger partial charge on any atom is 0.257 e. The predicted octanol–water partition coefficient (Wildman–Crippen LogP) is 3.46. The number of ether oxygens (including phenoxy) is 1. The largest absolute Gasteiger partial charge is 0.383 e. The number of halogens is 1. The molecule has 5 nitrogen and oxygen atoms in total. The number of methoxy groups -OCH3 is 1. The molecule has 0 radical (unpaired) electrons. The number of pyridine rings is 1. The van der Waals surface area contributed by atoms with E-state index in [1.165, 1.54) is 0 Å². The van der Waals surface area contributed by atoms with Crippen LogP contribution in [0.15, 0.2) is 41.1 Å². The van der Waals surface area contributed by atoms with Crippen LogP contribution in [0.2, 0.25) is 0 Å². The Kier molecular flexibility index (Phi) is 5.91. The number of aromatic nitrogens is 1. The minimum atomic E-state index is -0.196. The summed E-state index contributed by atoms with van der Waals surface area (Å²) in [5.41, 5.74) is 3.14. The summed E-state index contributed by atoms with van der Waals surface area (Å²) in [4.78, 5) is 16.4. The van der Waals surface area contributed by atoms with E-state index in [0.717, 1.165) is 21.4 Å². The molecule has 1 aromatic carbocycles. The summed E-state index contributed by atoms with van der Waals surface area (Å²) in [6.07, 6.45) is 3.22. The summed E-state index contributed by atoms with van der Waals surface area (Å²) >= 11 is 3.45. The SMILES string of the molecule is COCCNc1cncc(C(=O)Nc2ccc(C)c(Br)c2)c1. The van der Waals surface area contributed by atoms with Crippen molar-refractivity contribution in [2.24, 2.45) is 0 Å². The molecule has 0 spiro atoms.